The maximum absolute atomic E-state index is 13.6. The van der Waals surface area contributed by atoms with Gasteiger partial charge in [-0.05, 0) is 60.4 Å². The SMILES string of the molecule is Cc1cccc(N(C(=O)c2csnn2)C(C(=O)NC2CCCCC2)c2cccs2)c1. The van der Waals surface area contributed by atoms with Crippen LogP contribution in [0.5, 0.6) is 0 Å². The van der Waals surface area contributed by atoms with Gasteiger partial charge in [0.05, 0.1) is 0 Å². The molecule has 0 spiro atoms. The van der Waals surface area contributed by atoms with Crippen LogP contribution in [0.2, 0.25) is 0 Å². The average molecular weight is 441 g/mol. The molecule has 3 aromatic rings. The van der Waals surface area contributed by atoms with Crippen molar-refractivity contribution in [3.05, 3.63) is 63.3 Å². The molecular weight excluding hydrogens is 416 g/mol. The summed E-state index contributed by atoms with van der Waals surface area (Å²) in [7, 11) is 0. The molecule has 1 unspecified atom stereocenters. The maximum atomic E-state index is 13.6. The van der Waals surface area contributed by atoms with E-state index in [0.717, 1.165) is 47.7 Å². The van der Waals surface area contributed by atoms with Crippen LogP contribution in [0.4, 0.5) is 5.69 Å². The van der Waals surface area contributed by atoms with Gasteiger partial charge in [-0.25, -0.2) is 0 Å². The van der Waals surface area contributed by atoms with Crippen molar-refractivity contribution >= 4 is 40.4 Å². The van der Waals surface area contributed by atoms with E-state index < -0.39 is 6.04 Å². The highest BCUT2D eigenvalue weighted by Gasteiger charge is 2.36. The molecule has 0 aliphatic heterocycles. The summed E-state index contributed by atoms with van der Waals surface area (Å²) in [4.78, 5) is 29.4. The molecule has 0 saturated heterocycles. The zero-order valence-corrected chi connectivity index (χ0v) is 18.4. The van der Waals surface area contributed by atoms with E-state index in [1.165, 1.54) is 17.8 Å². The molecule has 6 nitrogen and oxygen atoms in total. The monoisotopic (exact) mass is 440 g/mol. The van der Waals surface area contributed by atoms with E-state index in [2.05, 4.69) is 14.9 Å². The first kappa shape index (κ1) is 20.7. The van der Waals surface area contributed by atoms with E-state index in [9.17, 15) is 9.59 Å². The van der Waals surface area contributed by atoms with Gasteiger partial charge in [-0.1, -0.05) is 41.9 Å². The molecule has 1 aromatic carbocycles. The first-order valence-electron chi connectivity index (χ1n) is 10.1. The second kappa shape index (κ2) is 9.49. The van der Waals surface area contributed by atoms with Crippen LogP contribution in [0.1, 0.15) is 59.1 Å². The summed E-state index contributed by atoms with van der Waals surface area (Å²) in [6.45, 7) is 1.97. The summed E-state index contributed by atoms with van der Waals surface area (Å²) in [5.74, 6) is -0.478. The second-order valence-electron chi connectivity index (χ2n) is 7.57. The van der Waals surface area contributed by atoms with E-state index >= 15 is 0 Å². The van der Waals surface area contributed by atoms with Crippen LogP contribution >= 0.6 is 22.9 Å². The lowest BCUT2D eigenvalue weighted by Crippen LogP contribution is -2.47. The minimum absolute atomic E-state index is 0.151. The number of carbonyl (C=O) groups excluding carboxylic acids is 2. The molecular formula is C22H24N4O2S2. The predicted molar refractivity (Wildman–Crippen MR) is 120 cm³/mol. The number of rotatable bonds is 6. The van der Waals surface area contributed by atoms with Gasteiger partial charge >= 0.3 is 0 Å². The van der Waals surface area contributed by atoms with E-state index in [-0.39, 0.29) is 23.6 Å². The number of aromatic nitrogens is 2. The van der Waals surface area contributed by atoms with Gasteiger partial charge in [0.15, 0.2) is 11.7 Å². The molecule has 2 heterocycles. The summed E-state index contributed by atoms with van der Waals surface area (Å²) in [5.41, 5.74) is 1.93. The minimum atomic E-state index is -0.761. The van der Waals surface area contributed by atoms with E-state index in [0.29, 0.717) is 5.69 Å². The molecule has 30 heavy (non-hydrogen) atoms. The maximum Gasteiger partial charge on any atom is 0.280 e. The van der Waals surface area contributed by atoms with Crippen LogP contribution in [-0.4, -0.2) is 27.4 Å². The lowest BCUT2D eigenvalue weighted by Gasteiger charge is -2.32. The van der Waals surface area contributed by atoms with Crippen molar-refractivity contribution in [3.63, 3.8) is 0 Å². The van der Waals surface area contributed by atoms with Crippen LogP contribution < -0.4 is 10.2 Å². The second-order valence-corrected chi connectivity index (χ2v) is 9.15. The number of thiophene rings is 1. The molecule has 1 saturated carbocycles. The summed E-state index contributed by atoms with van der Waals surface area (Å²) >= 11 is 2.60. The fraction of sp³-hybridized carbons (Fsp3) is 0.364. The third-order valence-electron chi connectivity index (χ3n) is 5.35. The van der Waals surface area contributed by atoms with Crippen molar-refractivity contribution < 1.29 is 9.59 Å². The Bertz CT molecular complexity index is 983. The van der Waals surface area contributed by atoms with Gasteiger partial charge < -0.3 is 5.32 Å². The number of amides is 2. The molecule has 0 bridgehead atoms. The topological polar surface area (TPSA) is 75.2 Å². The van der Waals surface area contributed by atoms with E-state index in [1.54, 1.807) is 10.3 Å². The number of benzene rings is 1. The van der Waals surface area contributed by atoms with Crippen molar-refractivity contribution in [2.24, 2.45) is 0 Å². The van der Waals surface area contributed by atoms with Gasteiger partial charge in [0.1, 0.15) is 0 Å². The Balaban J connectivity index is 1.74. The highest BCUT2D eigenvalue weighted by molar-refractivity contribution is 7.10. The lowest BCUT2D eigenvalue weighted by atomic mass is 9.95. The predicted octanol–water partition coefficient (Wildman–Crippen LogP) is 4.75. The van der Waals surface area contributed by atoms with Crippen LogP contribution in [0, 0.1) is 6.92 Å². The number of anilines is 1. The summed E-state index contributed by atoms with van der Waals surface area (Å²) in [6.07, 6.45) is 5.43. The highest BCUT2D eigenvalue weighted by atomic mass is 32.1. The van der Waals surface area contributed by atoms with Gasteiger partial charge in [-0.15, -0.1) is 16.4 Å². The first-order chi connectivity index (χ1) is 14.6. The molecule has 1 aliphatic rings. The lowest BCUT2D eigenvalue weighted by molar-refractivity contribution is -0.123. The molecule has 1 aliphatic carbocycles. The third-order valence-corrected chi connectivity index (χ3v) is 6.78. The Morgan fingerprint density at radius 1 is 1.17 bits per heavy atom. The molecule has 2 aromatic heterocycles. The van der Waals surface area contributed by atoms with Gasteiger partial charge in [0.25, 0.3) is 5.91 Å². The fourth-order valence-corrected chi connectivity index (χ4v) is 5.13. The Hall–Kier alpha value is -2.58. The molecule has 156 valence electrons. The minimum Gasteiger partial charge on any atom is -0.351 e. The van der Waals surface area contributed by atoms with E-state index in [1.807, 2.05) is 48.7 Å². The van der Waals surface area contributed by atoms with Crippen LogP contribution in [0.15, 0.2) is 47.2 Å². The van der Waals surface area contributed by atoms with Gasteiger partial charge in [0, 0.05) is 22.0 Å². The molecule has 1 atom stereocenters. The number of nitrogens with zero attached hydrogens (tertiary/aromatic N) is 3. The Labute approximate surface area is 184 Å². The van der Waals surface area contributed by atoms with Gasteiger partial charge in [0.2, 0.25) is 5.91 Å². The number of hydrogen-bond acceptors (Lipinski definition) is 6. The van der Waals surface area contributed by atoms with Crippen LogP contribution in [0.25, 0.3) is 0 Å². The summed E-state index contributed by atoms with van der Waals surface area (Å²) in [6, 6.07) is 10.9. The molecule has 1 fully saturated rings. The van der Waals surface area contributed by atoms with Crippen molar-refractivity contribution in [2.45, 2.75) is 51.1 Å². The summed E-state index contributed by atoms with van der Waals surface area (Å²) < 4.78 is 3.84. The molecule has 4 rings (SSSR count). The standard InChI is InChI=1S/C22H24N4O2S2/c1-15-7-5-10-17(13-15)26(22(28)18-14-30-25-24-18)20(19-11-6-12-29-19)21(27)23-16-8-3-2-4-9-16/h5-7,10-14,16,20H,2-4,8-9H2,1H3,(H,23,27). The average Bonchev–Trinajstić information content (AvgIpc) is 3.46. The fourth-order valence-electron chi connectivity index (χ4n) is 3.89. The van der Waals surface area contributed by atoms with Crippen molar-refractivity contribution in [3.8, 4) is 0 Å². The van der Waals surface area contributed by atoms with Gasteiger partial charge in [-0.3, -0.25) is 14.5 Å². The Kier molecular flexibility index (Phi) is 6.54. The van der Waals surface area contributed by atoms with Crippen molar-refractivity contribution in [2.75, 3.05) is 4.90 Å². The molecule has 1 N–H and O–H groups in total. The zero-order valence-electron chi connectivity index (χ0n) is 16.8. The summed E-state index contributed by atoms with van der Waals surface area (Å²) in [5, 5.41) is 10.7. The first-order valence-corrected chi connectivity index (χ1v) is 11.9. The van der Waals surface area contributed by atoms with Crippen LogP contribution in [0.3, 0.4) is 0 Å². The smallest absolute Gasteiger partial charge is 0.280 e. The van der Waals surface area contributed by atoms with Crippen LogP contribution in [-0.2, 0) is 4.79 Å². The van der Waals surface area contributed by atoms with Crippen molar-refractivity contribution in [1.29, 1.82) is 0 Å². The number of carbonyl (C=O) groups is 2. The molecule has 2 amide bonds. The largest absolute Gasteiger partial charge is 0.351 e. The van der Waals surface area contributed by atoms with Gasteiger partial charge in [-0.2, -0.15) is 0 Å². The normalized spacial score (nSPS) is 15.5. The van der Waals surface area contributed by atoms with E-state index in [4.69, 9.17) is 0 Å². The number of aryl methyl sites for hydroxylation is 1. The third kappa shape index (κ3) is 4.60. The zero-order chi connectivity index (χ0) is 20.9. The molecule has 0 radical (unpaired) electrons. The van der Waals surface area contributed by atoms with Crippen molar-refractivity contribution in [1.82, 2.24) is 14.9 Å². The molecule has 8 heteroatoms. The number of hydrogen-bond donors (Lipinski definition) is 1. The highest BCUT2D eigenvalue weighted by Crippen LogP contribution is 2.33. The Morgan fingerprint density at radius 2 is 2.00 bits per heavy atom. The quantitative estimate of drug-likeness (QED) is 0.600. The number of nitrogens with one attached hydrogen (secondary N) is 1. The Morgan fingerprint density at radius 3 is 2.67 bits per heavy atom.